The fraction of sp³-hybridized carbons (Fsp3) is 0.375. The minimum Gasteiger partial charge on any atom is -0.286 e. The highest BCUT2D eigenvalue weighted by atomic mass is 32.2. The van der Waals surface area contributed by atoms with E-state index in [1.165, 1.54) is 34.8 Å². The van der Waals surface area contributed by atoms with Crippen LogP contribution in [0.25, 0.3) is 0 Å². The molecule has 1 N–H and O–H groups in total. The van der Waals surface area contributed by atoms with Crippen LogP contribution in [0.4, 0.5) is 0 Å². The number of Topliss-reactive ketones (excluding diaryl/α,β-unsaturated/α-hetero) is 1. The number of aromatic amines is 1. The maximum absolute atomic E-state index is 11.8. The third-order valence-corrected chi connectivity index (χ3v) is 3.87. The second kappa shape index (κ2) is 4.80. The molecule has 2 aromatic rings. The van der Waals surface area contributed by atoms with Crippen LogP contribution < -0.4 is 10.3 Å². The molecule has 0 bridgehead atoms. The zero-order valence-electron chi connectivity index (χ0n) is 9.09. The highest BCUT2D eigenvalue weighted by Crippen LogP contribution is 2.21. The van der Waals surface area contributed by atoms with Crippen LogP contribution in [0.2, 0.25) is 0 Å². The molecule has 0 aliphatic carbocycles. The number of nitrogens with zero attached hydrogens (tertiary/aromatic N) is 3. The molecule has 0 radical (unpaired) electrons. The highest BCUT2D eigenvalue weighted by molar-refractivity contribution is 8.01. The monoisotopic (exact) mass is 273 g/mol. The number of hydrogen-bond acceptors (Lipinski definition) is 7. The number of thioether (sulfide) groups is 1. The zero-order valence-corrected chi connectivity index (χ0v) is 10.7. The summed E-state index contributed by atoms with van der Waals surface area (Å²) in [7, 11) is 1.54. The SMILES string of the molecule is Cc1nnc(SCC(=O)c2c(=O)o[nH][n+]2C)s1. The van der Waals surface area contributed by atoms with Crippen molar-refractivity contribution in [3.8, 4) is 0 Å². The summed E-state index contributed by atoms with van der Waals surface area (Å²) >= 11 is 2.66. The Bertz CT molecular complexity index is 600. The molecule has 7 nitrogen and oxygen atoms in total. The maximum atomic E-state index is 11.8. The van der Waals surface area contributed by atoms with Gasteiger partial charge in [-0.15, -0.1) is 10.2 Å². The Labute approximate surface area is 104 Å². The van der Waals surface area contributed by atoms with Gasteiger partial charge in [-0.1, -0.05) is 27.8 Å². The molecule has 2 aromatic heterocycles. The molecule has 90 valence electrons. The van der Waals surface area contributed by atoms with Gasteiger partial charge in [0, 0.05) is 0 Å². The van der Waals surface area contributed by atoms with Gasteiger partial charge >= 0.3 is 11.3 Å². The van der Waals surface area contributed by atoms with Crippen LogP contribution in [0.5, 0.6) is 0 Å². The van der Waals surface area contributed by atoms with Gasteiger partial charge < -0.3 is 0 Å². The lowest BCUT2D eigenvalue weighted by molar-refractivity contribution is -0.741. The third-order valence-electron chi connectivity index (χ3n) is 1.90. The Balaban J connectivity index is 2.05. The second-order valence-corrected chi connectivity index (χ2v) is 5.59. The number of rotatable bonds is 4. The molecule has 0 unspecified atom stereocenters. The van der Waals surface area contributed by atoms with Crippen LogP contribution in [-0.2, 0) is 7.05 Å². The van der Waals surface area contributed by atoms with Crippen molar-refractivity contribution in [3.05, 3.63) is 21.1 Å². The van der Waals surface area contributed by atoms with Crippen LogP contribution in [0.15, 0.2) is 13.7 Å². The summed E-state index contributed by atoms with van der Waals surface area (Å²) in [5, 5.41) is 10.8. The summed E-state index contributed by atoms with van der Waals surface area (Å²) in [6.45, 7) is 1.84. The van der Waals surface area contributed by atoms with E-state index in [0.29, 0.717) is 4.34 Å². The summed E-state index contributed by atoms with van der Waals surface area (Å²) in [6.07, 6.45) is 0. The van der Waals surface area contributed by atoms with Crippen molar-refractivity contribution in [2.75, 3.05) is 5.75 Å². The van der Waals surface area contributed by atoms with E-state index in [0.717, 1.165) is 5.01 Å². The molecule has 9 heteroatoms. The van der Waals surface area contributed by atoms with Crippen molar-refractivity contribution in [1.82, 2.24) is 15.5 Å². The third kappa shape index (κ3) is 2.61. The van der Waals surface area contributed by atoms with Crippen molar-refractivity contribution in [2.45, 2.75) is 11.3 Å². The van der Waals surface area contributed by atoms with E-state index >= 15 is 0 Å². The summed E-state index contributed by atoms with van der Waals surface area (Å²) < 4.78 is 6.47. The number of nitrogens with one attached hydrogen (secondary N) is 1. The first-order valence-corrected chi connectivity index (χ1v) is 6.41. The number of carbonyl (C=O) groups excluding carboxylic acids is 1. The fourth-order valence-electron chi connectivity index (χ4n) is 1.17. The molecule has 0 saturated carbocycles. The van der Waals surface area contributed by atoms with Gasteiger partial charge in [-0.25, -0.2) is 4.79 Å². The van der Waals surface area contributed by atoms with Crippen LogP contribution in [-0.4, -0.2) is 27.0 Å². The summed E-state index contributed by atoms with van der Waals surface area (Å²) in [6, 6.07) is 0. The Morgan fingerprint density at radius 2 is 2.35 bits per heavy atom. The smallest absolute Gasteiger partial charge is 0.286 e. The predicted molar refractivity (Wildman–Crippen MR) is 60.2 cm³/mol. The quantitative estimate of drug-likeness (QED) is 0.476. The Morgan fingerprint density at radius 1 is 1.59 bits per heavy atom. The number of H-pyrrole nitrogens is 1. The van der Waals surface area contributed by atoms with Crippen molar-refractivity contribution in [3.63, 3.8) is 0 Å². The number of aromatic nitrogens is 4. The van der Waals surface area contributed by atoms with Gasteiger partial charge in [0.05, 0.1) is 5.75 Å². The summed E-state index contributed by atoms with van der Waals surface area (Å²) in [4.78, 5) is 23.0. The second-order valence-electron chi connectivity index (χ2n) is 3.19. The average molecular weight is 273 g/mol. The van der Waals surface area contributed by atoms with E-state index in [9.17, 15) is 9.59 Å². The lowest BCUT2D eigenvalue weighted by Crippen LogP contribution is -2.39. The van der Waals surface area contributed by atoms with Crippen LogP contribution in [0.1, 0.15) is 15.5 Å². The van der Waals surface area contributed by atoms with Gasteiger partial charge in [-0.05, 0) is 12.2 Å². The van der Waals surface area contributed by atoms with Crippen molar-refractivity contribution in [2.24, 2.45) is 7.05 Å². The molecule has 0 aliphatic rings. The molecule has 0 spiro atoms. The molecule has 17 heavy (non-hydrogen) atoms. The highest BCUT2D eigenvalue weighted by Gasteiger charge is 2.26. The van der Waals surface area contributed by atoms with Crippen molar-refractivity contribution in [1.29, 1.82) is 0 Å². The first-order chi connectivity index (χ1) is 8.08. The molecule has 0 aliphatic heterocycles. The van der Waals surface area contributed by atoms with Crippen LogP contribution >= 0.6 is 23.1 Å². The summed E-state index contributed by atoms with van der Waals surface area (Å²) in [5.41, 5.74) is -0.662. The van der Waals surface area contributed by atoms with Gasteiger partial charge in [0.15, 0.2) is 11.4 Å². The molecular formula is C8H9N4O3S2+. The Hall–Kier alpha value is -1.48. The fourth-order valence-corrected chi connectivity index (χ4v) is 2.85. The average Bonchev–Trinajstić information content (AvgIpc) is 2.83. The molecule has 0 atom stereocenters. The van der Waals surface area contributed by atoms with Gasteiger partial charge in [0.2, 0.25) is 5.78 Å². The molecular weight excluding hydrogens is 264 g/mol. The number of carbonyl (C=O) groups is 1. The van der Waals surface area contributed by atoms with Crippen molar-refractivity contribution < 1.29 is 14.0 Å². The van der Waals surface area contributed by atoms with E-state index in [2.05, 4.69) is 20.0 Å². The lowest BCUT2D eigenvalue weighted by atomic mass is 10.3. The lowest BCUT2D eigenvalue weighted by Gasteiger charge is -1.90. The van der Waals surface area contributed by atoms with E-state index in [4.69, 9.17) is 0 Å². The normalized spacial score (nSPS) is 10.7. The number of hydrogen-bond donors (Lipinski definition) is 1. The van der Waals surface area contributed by atoms with Gasteiger partial charge in [-0.3, -0.25) is 9.32 Å². The van der Waals surface area contributed by atoms with Crippen molar-refractivity contribution >= 4 is 28.9 Å². The Morgan fingerprint density at radius 3 is 2.88 bits per heavy atom. The molecule has 0 amide bonds. The minimum absolute atomic E-state index is 0.00117. The van der Waals surface area contributed by atoms with Crippen LogP contribution in [0, 0.1) is 6.92 Å². The molecule has 0 fully saturated rings. The van der Waals surface area contributed by atoms with Crippen LogP contribution in [0.3, 0.4) is 0 Å². The maximum Gasteiger partial charge on any atom is 0.438 e. The topological polar surface area (TPSA) is 92.7 Å². The molecule has 2 rings (SSSR count). The predicted octanol–water partition coefficient (Wildman–Crippen LogP) is -0.0727. The Kier molecular flexibility index (Phi) is 3.38. The number of aryl methyl sites for hydroxylation is 2. The van der Waals surface area contributed by atoms with E-state index in [1.807, 2.05) is 6.92 Å². The van der Waals surface area contributed by atoms with E-state index < -0.39 is 5.63 Å². The molecule has 2 heterocycles. The molecule has 0 saturated heterocycles. The minimum atomic E-state index is -0.661. The van der Waals surface area contributed by atoms with Gasteiger partial charge in [-0.2, -0.15) is 0 Å². The summed E-state index contributed by atoms with van der Waals surface area (Å²) in [5.74, 6) is -0.175. The van der Waals surface area contributed by atoms with E-state index in [-0.39, 0.29) is 17.2 Å². The molecule has 0 aromatic carbocycles. The zero-order chi connectivity index (χ0) is 12.4. The standard InChI is InChI=1S/C8H8N4O3S2/c1-4-9-10-8(17-4)16-3-5(13)6-7(14)15-11-12(6)2/h3H2,1-2H3/p+1. The first-order valence-electron chi connectivity index (χ1n) is 4.61. The van der Waals surface area contributed by atoms with E-state index in [1.54, 1.807) is 0 Å². The first kappa shape index (κ1) is 12.0. The van der Waals surface area contributed by atoms with Gasteiger partial charge in [0.25, 0.3) is 0 Å². The number of ketones is 1. The largest absolute Gasteiger partial charge is 0.438 e. The van der Waals surface area contributed by atoms with Gasteiger partial charge in [0.1, 0.15) is 5.01 Å².